The number of hydrogen-bond acceptors (Lipinski definition) is 5. The van der Waals surface area contributed by atoms with Gasteiger partial charge in [-0.05, 0) is 50.9 Å². The molecule has 6 heteroatoms. The molecular weight excluding hydrogens is 428 g/mol. The van der Waals surface area contributed by atoms with Gasteiger partial charge in [0.1, 0.15) is 18.1 Å². The molecule has 1 saturated heterocycles. The first-order chi connectivity index (χ1) is 16.7. The number of rotatable bonds is 5. The minimum Gasteiger partial charge on any atom is -0.494 e. The van der Waals surface area contributed by atoms with Crippen molar-refractivity contribution in [2.75, 3.05) is 46.5 Å². The van der Waals surface area contributed by atoms with E-state index < -0.39 is 0 Å². The molecule has 0 spiro atoms. The Balaban J connectivity index is 1.53. The van der Waals surface area contributed by atoms with Crippen molar-refractivity contribution in [2.24, 2.45) is 5.92 Å². The number of para-hydroxylation sites is 2. The van der Waals surface area contributed by atoms with Gasteiger partial charge in [-0.25, -0.2) is 0 Å². The van der Waals surface area contributed by atoms with E-state index in [1.165, 1.54) is 5.56 Å². The highest BCUT2D eigenvalue weighted by Crippen LogP contribution is 2.28. The molecule has 0 radical (unpaired) electrons. The van der Waals surface area contributed by atoms with Crippen LogP contribution in [0.15, 0.2) is 48.5 Å². The lowest BCUT2D eigenvalue weighted by Gasteiger charge is -2.38. The molecule has 184 valence electrons. The molecule has 0 N–H and O–H groups in total. The van der Waals surface area contributed by atoms with Crippen LogP contribution in [0, 0.1) is 5.92 Å². The quantitative estimate of drug-likeness (QED) is 0.643. The summed E-state index contributed by atoms with van der Waals surface area (Å²) in [5.74, 6) is 2.05. The van der Waals surface area contributed by atoms with E-state index in [4.69, 9.17) is 14.2 Å². The van der Waals surface area contributed by atoms with Gasteiger partial charge in [0.2, 0.25) is 0 Å². The van der Waals surface area contributed by atoms with E-state index in [1.807, 2.05) is 48.2 Å². The van der Waals surface area contributed by atoms with Crippen LogP contribution in [0.2, 0.25) is 0 Å². The summed E-state index contributed by atoms with van der Waals surface area (Å²) in [4.78, 5) is 17.8. The predicted molar refractivity (Wildman–Crippen MR) is 133 cm³/mol. The third kappa shape index (κ3) is 6.10. The Morgan fingerprint density at radius 3 is 2.68 bits per heavy atom. The van der Waals surface area contributed by atoms with E-state index in [2.05, 4.69) is 17.0 Å². The number of nitrogens with zero attached hydrogens (tertiary/aromatic N) is 2. The molecule has 2 aromatic carbocycles. The summed E-state index contributed by atoms with van der Waals surface area (Å²) in [5, 5.41) is 0. The fourth-order valence-corrected chi connectivity index (χ4v) is 5.19. The van der Waals surface area contributed by atoms with E-state index >= 15 is 0 Å². The van der Waals surface area contributed by atoms with Crippen LogP contribution in [0.3, 0.4) is 0 Å². The fourth-order valence-electron chi connectivity index (χ4n) is 5.19. The van der Waals surface area contributed by atoms with Gasteiger partial charge < -0.3 is 19.1 Å². The van der Waals surface area contributed by atoms with E-state index in [0.29, 0.717) is 30.4 Å². The topological polar surface area (TPSA) is 51.2 Å². The van der Waals surface area contributed by atoms with Gasteiger partial charge in [0.15, 0.2) is 0 Å². The third-order valence-electron chi connectivity index (χ3n) is 7.00. The first-order valence-electron chi connectivity index (χ1n) is 12.7. The Hall–Kier alpha value is -2.57. The van der Waals surface area contributed by atoms with Crippen LogP contribution < -0.4 is 9.47 Å². The summed E-state index contributed by atoms with van der Waals surface area (Å²) < 4.78 is 17.8. The molecule has 0 aromatic heterocycles. The average molecular weight is 467 g/mol. The van der Waals surface area contributed by atoms with Crippen molar-refractivity contribution in [1.82, 2.24) is 9.80 Å². The summed E-state index contributed by atoms with van der Waals surface area (Å²) in [7, 11) is 1.80. The van der Waals surface area contributed by atoms with Gasteiger partial charge in [-0.1, -0.05) is 36.8 Å². The first-order valence-corrected chi connectivity index (χ1v) is 12.7. The summed E-state index contributed by atoms with van der Waals surface area (Å²) in [6.45, 7) is 7.30. The van der Waals surface area contributed by atoms with Crippen molar-refractivity contribution in [3.8, 4) is 11.5 Å². The van der Waals surface area contributed by atoms with Crippen LogP contribution in [0.5, 0.6) is 11.5 Å². The third-order valence-corrected chi connectivity index (χ3v) is 7.00. The van der Waals surface area contributed by atoms with Crippen LogP contribution in [0.4, 0.5) is 0 Å². The molecule has 2 aliphatic heterocycles. The second kappa shape index (κ2) is 12.2. The summed E-state index contributed by atoms with van der Waals surface area (Å²) in [6.07, 6.45) is 4.40. The molecular formula is C28H38N2O4. The van der Waals surface area contributed by atoms with Crippen LogP contribution in [-0.2, 0) is 11.3 Å². The molecule has 2 aromatic rings. The zero-order chi connectivity index (χ0) is 23.8. The second-order valence-electron chi connectivity index (χ2n) is 9.23. The molecule has 0 unspecified atom stereocenters. The van der Waals surface area contributed by atoms with E-state index in [-0.39, 0.29) is 12.0 Å². The van der Waals surface area contributed by atoms with Gasteiger partial charge in [0.05, 0.1) is 18.3 Å². The molecule has 2 heterocycles. The molecule has 0 aliphatic carbocycles. The Morgan fingerprint density at radius 2 is 1.82 bits per heavy atom. The molecule has 2 atom stereocenters. The minimum absolute atomic E-state index is 0.0645. The lowest BCUT2D eigenvalue weighted by atomic mass is 9.89. The SMILES string of the molecule is CCOc1ccccc1CN1CCCC[C@@H]2CN(CC[C@@H]2OC)C(=O)c2ccccc2OCC1. The number of amides is 1. The van der Waals surface area contributed by atoms with Crippen LogP contribution in [-0.4, -0.2) is 68.3 Å². The highest BCUT2D eigenvalue weighted by atomic mass is 16.5. The number of hydrogen-bond donors (Lipinski definition) is 0. The molecule has 1 fully saturated rings. The number of methoxy groups -OCH3 is 1. The lowest BCUT2D eigenvalue weighted by Crippen LogP contribution is -2.46. The van der Waals surface area contributed by atoms with Gasteiger partial charge in [0.25, 0.3) is 5.91 Å². The molecule has 2 bridgehead atoms. The van der Waals surface area contributed by atoms with E-state index in [9.17, 15) is 4.79 Å². The predicted octanol–water partition coefficient (Wildman–Crippen LogP) is 4.63. The van der Waals surface area contributed by atoms with Crippen LogP contribution in [0.1, 0.15) is 48.5 Å². The molecule has 0 saturated carbocycles. The lowest BCUT2D eigenvalue weighted by molar-refractivity contribution is -0.00702. The highest BCUT2D eigenvalue weighted by Gasteiger charge is 2.32. The molecule has 2 aliphatic rings. The Bertz CT molecular complexity index is 934. The zero-order valence-corrected chi connectivity index (χ0v) is 20.6. The van der Waals surface area contributed by atoms with E-state index in [0.717, 1.165) is 64.2 Å². The second-order valence-corrected chi connectivity index (χ2v) is 9.23. The van der Waals surface area contributed by atoms with Crippen molar-refractivity contribution in [3.05, 3.63) is 59.7 Å². The number of benzene rings is 2. The van der Waals surface area contributed by atoms with Crippen molar-refractivity contribution < 1.29 is 19.0 Å². The van der Waals surface area contributed by atoms with Crippen molar-refractivity contribution in [1.29, 1.82) is 0 Å². The average Bonchev–Trinajstić information content (AvgIpc) is 2.87. The van der Waals surface area contributed by atoms with Crippen LogP contribution >= 0.6 is 0 Å². The maximum absolute atomic E-state index is 13.4. The largest absolute Gasteiger partial charge is 0.494 e. The number of piperidine rings is 1. The van der Waals surface area contributed by atoms with Gasteiger partial charge in [-0.15, -0.1) is 0 Å². The molecule has 4 rings (SSSR count). The Kier molecular flexibility index (Phi) is 8.83. The van der Waals surface area contributed by atoms with Crippen LogP contribution in [0.25, 0.3) is 0 Å². The van der Waals surface area contributed by atoms with Gasteiger partial charge in [-0.2, -0.15) is 0 Å². The Labute approximate surface area is 203 Å². The number of carbonyl (C=O) groups excluding carboxylic acids is 1. The minimum atomic E-state index is 0.0645. The first kappa shape index (κ1) is 24.6. The summed E-state index contributed by atoms with van der Waals surface area (Å²) in [6, 6.07) is 15.9. The van der Waals surface area contributed by atoms with Crippen molar-refractivity contribution >= 4 is 5.91 Å². The number of carbonyl (C=O) groups is 1. The smallest absolute Gasteiger partial charge is 0.257 e. The molecule has 6 nitrogen and oxygen atoms in total. The van der Waals surface area contributed by atoms with Crippen molar-refractivity contribution in [3.63, 3.8) is 0 Å². The number of ether oxygens (including phenoxy) is 3. The molecule has 1 amide bonds. The highest BCUT2D eigenvalue weighted by molar-refractivity contribution is 5.97. The summed E-state index contributed by atoms with van der Waals surface area (Å²) >= 11 is 0. The fraction of sp³-hybridized carbons (Fsp3) is 0.536. The van der Waals surface area contributed by atoms with Gasteiger partial charge in [0, 0.05) is 44.8 Å². The van der Waals surface area contributed by atoms with Gasteiger partial charge >= 0.3 is 0 Å². The monoisotopic (exact) mass is 466 g/mol. The normalized spacial score (nSPS) is 22.4. The maximum Gasteiger partial charge on any atom is 0.257 e. The van der Waals surface area contributed by atoms with E-state index in [1.54, 1.807) is 7.11 Å². The molecule has 34 heavy (non-hydrogen) atoms. The Morgan fingerprint density at radius 1 is 1.00 bits per heavy atom. The number of fused-ring (bicyclic) bond motifs is 3. The maximum atomic E-state index is 13.4. The zero-order valence-electron chi connectivity index (χ0n) is 20.6. The van der Waals surface area contributed by atoms with Gasteiger partial charge in [-0.3, -0.25) is 9.69 Å². The standard InChI is InChI=1S/C28H38N2O4/c1-3-33-26-13-6-4-10-22(26)20-29-16-9-8-11-23-21-30(17-15-25(23)32-2)28(31)24-12-5-7-14-27(24)34-19-18-29/h4-7,10,12-14,23,25H,3,8-9,11,15-21H2,1-2H3/t23-,25+/m1/s1. The summed E-state index contributed by atoms with van der Waals surface area (Å²) in [5.41, 5.74) is 1.85. The van der Waals surface area contributed by atoms with Crippen molar-refractivity contribution in [2.45, 2.75) is 45.3 Å².